The Bertz CT molecular complexity index is 433. The normalized spacial score (nSPS) is 17.4. The molecule has 0 N–H and O–H groups in total. The molecule has 1 aliphatic rings. The first-order valence-corrected chi connectivity index (χ1v) is 14.6. The molecule has 1 rings (SSSR count). The molecular weight excluding hydrogens is 390 g/mol. The van der Waals surface area contributed by atoms with E-state index in [2.05, 4.69) is 40.8 Å². The lowest BCUT2D eigenvalue weighted by atomic mass is 9.73. The fourth-order valence-corrected chi connectivity index (χ4v) is 5.50. The van der Waals surface area contributed by atoms with E-state index >= 15 is 0 Å². The summed E-state index contributed by atoms with van der Waals surface area (Å²) in [6.07, 6.45) is 28.4. The maximum Gasteiger partial charge on any atom is 0.0608 e. The number of hydrogen-bond donors (Lipinski definition) is 0. The molecule has 2 unspecified atom stereocenters. The molecule has 2 atom stereocenters. The zero-order chi connectivity index (χ0) is 23.5. The molecule has 1 fully saturated rings. The Hall–Kier alpha value is -0.370. The first kappa shape index (κ1) is 29.7. The van der Waals surface area contributed by atoms with Gasteiger partial charge in [0.15, 0.2) is 0 Å². The summed E-state index contributed by atoms with van der Waals surface area (Å²) >= 11 is 0. The molecule has 32 heavy (non-hydrogen) atoms. The minimum absolute atomic E-state index is 0.327. The molecule has 0 spiro atoms. The van der Waals surface area contributed by atoms with E-state index in [1.807, 2.05) is 0 Å². The Kier molecular flexibility index (Phi) is 17.6. The van der Waals surface area contributed by atoms with Crippen molar-refractivity contribution in [3.05, 3.63) is 0 Å². The second-order valence-corrected chi connectivity index (χ2v) is 11.5. The Balaban J connectivity index is 2.25. The predicted octanol–water partition coefficient (Wildman–Crippen LogP) is 9.94. The number of ether oxygens (including phenoxy) is 1. The van der Waals surface area contributed by atoms with E-state index in [0.717, 1.165) is 6.61 Å². The van der Waals surface area contributed by atoms with Crippen LogP contribution >= 0.6 is 0 Å². The van der Waals surface area contributed by atoms with Crippen LogP contribution in [0.2, 0.25) is 0 Å². The van der Waals surface area contributed by atoms with Gasteiger partial charge in [-0.25, -0.2) is 0 Å². The molecule has 0 bridgehead atoms. The van der Waals surface area contributed by atoms with Crippen molar-refractivity contribution in [3.8, 4) is 0 Å². The lowest BCUT2D eigenvalue weighted by Crippen LogP contribution is -2.34. The summed E-state index contributed by atoms with van der Waals surface area (Å²) in [6.45, 7) is 12.6. The van der Waals surface area contributed by atoms with Gasteiger partial charge in [-0.15, -0.1) is 0 Å². The minimum Gasteiger partial charge on any atom is -0.378 e. The summed E-state index contributed by atoms with van der Waals surface area (Å²) in [7, 11) is 0. The molecular formula is C30H59NO. The Labute approximate surface area is 202 Å². The molecule has 0 radical (unpaired) electrons. The molecule has 2 nitrogen and oxygen atoms in total. The number of unbranched alkanes of at least 4 members (excludes halogenated alkanes) is 11. The summed E-state index contributed by atoms with van der Waals surface area (Å²) < 4.78 is 6.33. The summed E-state index contributed by atoms with van der Waals surface area (Å²) in [5, 5.41) is 0. The molecule has 0 aliphatic heterocycles. The van der Waals surface area contributed by atoms with Crippen molar-refractivity contribution < 1.29 is 4.74 Å². The molecule has 0 saturated heterocycles. The first-order chi connectivity index (χ1) is 15.5. The standard InChI is InChI=1S/C30H59NO/c1-6-8-9-10-11-12-15-18-25-29(32-7-2)28(30(3,4)5)24-17-14-13-16-21-26-31-27-22-19-20-23-27/h26-29H,6-25H2,1-5H3. The molecule has 0 aromatic heterocycles. The number of nitrogens with zero attached hydrogens (tertiary/aromatic N) is 1. The van der Waals surface area contributed by atoms with Crippen LogP contribution in [-0.4, -0.2) is 25.0 Å². The SMILES string of the molecule is CCCCCCCCCCC(OCC)C(CCCCCCC=NC1CCCC1)C(C)(C)C. The van der Waals surface area contributed by atoms with Crippen molar-refractivity contribution in [1.29, 1.82) is 0 Å². The van der Waals surface area contributed by atoms with Crippen LogP contribution in [0.25, 0.3) is 0 Å². The van der Waals surface area contributed by atoms with E-state index in [1.165, 1.54) is 122 Å². The maximum absolute atomic E-state index is 6.33. The van der Waals surface area contributed by atoms with Crippen LogP contribution in [0, 0.1) is 11.3 Å². The van der Waals surface area contributed by atoms with Crippen molar-refractivity contribution in [2.24, 2.45) is 16.3 Å². The second-order valence-electron chi connectivity index (χ2n) is 11.5. The summed E-state index contributed by atoms with van der Waals surface area (Å²) in [4.78, 5) is 4.76. The fourth-order valence-electron chi connectivity index (χ4n) is 5.50. The van der Waals surface area contributed by atoms with Crippen molar-refractivity contribution >= 4 is 6.21 Å². The van der Waals surface area contributed by atoms with Gasteiger partial charge >= 0.3 is 0 Å². The highest BCUT2D eigenvalue weighted by Crippen LogP contribution is 2.36. The van der Waals surface area contributed by atoms with Crippen LogP contribution in [0.15, 0.2) is 4.99 Å². The monoisotopic (exact) mass is 449 g/mol. The van der Waals surface area contributed by atoms with Crippen molar-refractivity contribution in [3.63, 3.8) is 0 Å². The fraction of sp³-hybridized carbons (Fsp3) is 0.967. The first-order valence-electron chi connectivity index (χ1n) is 14.6. The van der Waals surface area contributed by atoms with Crippen molar-refractivity contribution in [1.82, 2.24) is 0 Å². The average molecular weight is 450 g/mol. The quantitative estimate of drug-likeness (QED) is 0.134. The lowest BCUT2D eigenvalue weighted by molar-refractivity contribution is -0.0294. The zero-order valence-corrected chi connectivity index (χ0v) is 22.8. The molecule has 1 aliphatic carbocycles. The lowest BCUT2D eigenvalue weighted by Gasteiger charge is -2.37. The van der Waals surface area contributed by atoms with Crippen LogP contribution in [0.5, 0.6) is 0 Å². The predicted molar refractivity (Wildman–Crippen MR) is 144 cm³/mol. The average Bonchev–Trinajstić information content (AvgIpc) is 3.26. The zero-order valence-electron chi connectivity index (χ0n) is 22.8. The highest BCUT2D eigenvalue weighted by molar-refractivity contribution is 5.57. The summed E-state index contributed by atoms with van der Waals surface area (Å²) in [5.41, 5.74) is 0.327. The van der Waals surface area contributed by atoms with Gasteiger partial charge in [-0.2, -0.15) is 0 Å². The Morgan fingerprint density at radius 2 is 1.34 bits per heavy atom. The van der Waals surface area contributed by atoms with Crippen LogP contribution in [-0.2, 0) is 4.74 Å². The van der Waals surface area contributed by atoms with Gasteiger partial charge in [-0.05, 0) is 63.0 Å². The highest BCUT2D eigenvalue weighted by Gasteiger charge is 2.31. The molecule has 0 amide bonds. The van der Waals surface area contributed by atoms with Crippen LogP contribution in [0.3, 0.4) is 0 Å². The van der Waals surface area contributed by atoms with Gasteiger partial charge in [0, 0.05) is 12.6 Å². The molecule has 0 aromatic carbocycles. The molecule has 190 valence electrons. The third-order valence-corrected chi connectivity index (χ3v) is 7.52. The number of aliphatic imine (C=N–C) groups is 1. The smallest absolute Gasteiger partial charge is 0.0608 e. The topological polar surface area (TPSA) is 21.6 Å². The third kappa shape index (κ3) is 14.7. The Morgan fingerprint density at radius 3 is 1.94 bits per heavy atom. The molecule has 0 aromatic rings. The maximum atomic E-state index is 6.33. The molecule has 2 heteroatoms. The van der Waals surface area contributed by atoms with E-state index in [9.17, 15) is 0 Å². The van der Waals surface area contributed by atoms with Crippen molar-refractivity contribution in [2.45, 2.75) is 169 Å². The van der Waals surface area contributed by atoms with Gasteiger partial charge in [-0.3, -0.25) is 4.99 Å². The van der Waals surface area contributed by atoms with E-state index < -0.39 is 0 Å². The van der Waals surface area contributed by atoms with Gasteiger partial charge < -0.3 is 4.74 Å². The third-order valence-electron chi connectivity index (χ3n) is 7.52. The van der Waals surface area contributed by atoms with E-state index in [1.54, 1.807) is 0 Å². The van der Waals surface area contributed by atoms with Gasteiger partial charge in [-0.1, -0.05) is 111 Å². The molecule has 0 heterocycles. The van der Waals surface area contributed by atoms with E-state index in [-0.39, 0.29) is 0 Å². The van der Waals surface area contributed by atoms with E-state index in [0.29, 0.717) is 23.5 Å². The van der Waals surface area contributed by atoms with Gasteiger partial charge in [0.2, 0.25) is 0 Å². The highest BCUT2D eigenvalue weighted by atomic mass is 16.5. The second kappa shape index (κ2) is 19.0. The van der Waals surface area contributed by atoms with Gasteiger partial charge in [0.25, 0.3) is 0 Å². The number of hydrogen-bond acceptors (Lipinski definition) is 2. The minimum atomic E-state index is 0.327. The summed E-state index contributed by atoms with van der Waals surface area (Å²) in [5.74, 6) is 0.677. The van der Waals surface area contributed by atoms with Crippen LogP contribution < -0.4 is 0 Å². The molecule has 1 saturated carbocycles. The van der Waals surface area contributed by atoms with Crippen LogP contribution in [0.1, 0.15) is 157 Å². The Morgan fingerprint density at radius 1 is 0.781 bits per heavy atom. The largest absolute Gasteiger partial charge is 0.378 e. The van der Waals surface area contributed by atoms with Gasteiger partial charge in [0.05, 0.1) is 6.10 Å². The summed E-state index contributed by atoms with van der Waals surface area (Å²) in [6, 6.07) is 0.652. The van der Waals surface area contributed by atoms with Gasteiger partial charge in [0.1, 0.15) is 0 Å². The van der Waals surface area contributed by atoms with Crippen molar-refractivity contribution in [2.75, 3.05) is 6.61 Å². The van der Waals surface area contributed by atoms with Crippen LogP contribution in [0.4, 0.5) is 0 Å². The number of rotatable bonds is 20. The van der Waals surface area contributed by atoms with E-state index in [4.69, 9.17) is 9.73 Å².